The van der Waals surface area contributed by atoms with Gasteiger partial charge in [0.1, 0.15) is 11.5 Å². The van der Waals surface area contributed by atoms with E-state index in [4.69, 9.17) is 9.47 Å². The number of amides is 2. The van der Waals surface area contributed by atoms with E-state index >= 15 is 0 Å². The van der Waals surface area contributed by atoms with Gasteiger partial charge in [-0.2, -0.15) is 0 Å². The molecule has 1 N–H and O–H groups in total. The van der Waals surface area contributed by atoms with Crippen LogP contribution in [0.15, 0.2) is 84.9 Å². The number of nitrogens with zero attached hydrogens (tertiary/aromatic N) is 1. The van der Waals surface area contributed by atoms with E-state index in [0.29, 0.717) is 24.6 Å². The van der Waals surface area contributed by atoms with E-state index in [9.17, 15) is 9.59 Å². The maximum Gasteiger partial charge on any atom is 0.258 e. The predicted molar refractivity (Wildman–Crippen MR) is 119 cm³/mol. The first-order chi connectivity index (χ1) is 15.1. The van der Waals surface area contributed by atoms with Crippen molar-refractivity contribution in [2.75, 3.05) is 20.3 Å². The Hall–Kier alpha value is -3.80. The molecule has 2 amide bonds. The molecule has 0 aliphatic heterocycles. The summed E-state index contributed by atoms with van der Waals surface area (Å²) in [5, 5.41) is 2.65. The van der Waals surface area contributed by atoms with Crippen LogP contribution in [-0.4, -0.2) is 37.0 Å². The van der Waals surface area contributed by atoms with E-state index in [1.165, 1.54) is 0 Å². The third-order valence-electron chi connectivity index (χ3n) is 4.65. The molecule has 3 rings (SSSR count). The summed E-state index contributed by atoms with van der Waals surface area (Å²) in [4.78, 5) is 26.7. The predicted octanol–water partition coefficient (Wildman–Crippen LogP) is 3.42. The molecule has 0 atom stereocenters. The number of carbonyl (C=O) groups excluding carboxylic acids is 2. The monoisotopic (exact) mass is 418 g/mol. The number of carbonyl (C=O) groups is 2. The van der Waals surface area contributed by atoms with Gasteiger partial charge in [0.25, 0.3) is 5.91 Å². The molecule has 0 unspecified atom stereocenters. The van der Waals surface area contributed by atoms with Gasteiger partial charge in [0.2, 0.25) is 5.91 Å². The van der Waals surface area contributed by atoms with Crippen molar-refractivity contribution in [1.82, 2.24) is 10.2 Å². The van der Waals surface area contributed by atoms with Gasteiger partial charge in [-0.1, -0.05) is 60.7 Å². The second-order valence-corrected chi connectivity index (χ2v) is 6.96. The summed E-state index contributed by atoms with van der Waals surface area (Å²) in [6.45, 7) is 0.668. The molecule has 0 heterocycles. The molecule has 160 valence electrons. The minimum absolute atomic E-state index is 0.0928. The van der Waals surface area contributed by atoms with Crippen LogP contribution in [-0.2, 0) is 22.7 Å². The Labute approximate surface area is 182 Å². The quantitative estimate of drug-likeness (QED) is 0.548. The summed E-state index contributed by atoms with van der Waals surface area (Å²) in [5.41, 5.74) is 2.06. The number of rotatable bonds is 10. The van der Waals surface area contributed by atoms with Crippen LogP contribution in [0.5, 0.6) is 11.5 Å². The van der Waals surface area contributed by atoms with Crippen molar-refractivity contribution in [3.63, 3.8) is 0 Å². The molecule has 31 heavy (non-hydrogen) atoms. The minimum Gasteiger partial charge on any atom is -0.497 e. The number of benzene rings is 3. The van der Waals surface area contributed by atoms with Crippen molar-refractivity contribution in [2.45, 2.75) is 13.1 Å². The Morgan fingerprint density at radius 1 is 0.774 bits per heavy atom. The maximum absolute atomic E-state index is 12.9. The van der Waals surface area contributed by atoms with Crippen LogP contribution in [0.1, 0.15) is 11.1 Å². The molecule has 3 aromatic carbocycles. The zero-order valence-electron chi connectivity index (χ0n) is 17.5. The summed E-state index contributed by atoms with van der Waals surface area (Å²) in [6, 6.07) is 26.5. The highest BCUT2D eigenvalue weighted by Crippen LogP contribution is 2.16. The molecule has 6 heteroatoms. The van der Waals surface area contributed by atoms with Crippen LogP contribution < -0.4 is 14.8 Å². The number of methoxy groups -OCH3 is 1. The average molecular weight is 418 g/mol. The zero-order valence-corrected chi connectivity index (χ0v) is 17.5. The van der Waals surface area contributed by atoms with E-state index in [0.717, 1.165) is 11.1 Å². The smallest absolute Gasteiger partial charge is 0.258 e. The third-order valence-corrected chi connectivity index (χ3v) is 4.65. The maximum atomic E-state index is 12.9. The van der Waals surface area contributed by atoms with Gasteiger partial charge in [0.15, 0.2) is 6.61 Å². The number of hydrogen-bond donors (Lipinski definition) is 1. The van der Waals surface area contributed by atoms with Gasteiger partial charge in [0.05, 0.1) is 13.7 Å². The van der Waals surface area contributed by atoms with E-state index in [1.54, 1.807) is 36.3 Å². The topological polar surface area (TPSA) is 67.9 Å². The Bertz CT molecular complexity index is 918. The van der Waals surface area contributed by atoms with E-state index < -0.39 is 0 Å². The SMILES string of the molecule is COc1ccc(OCC(=O)NCC(=O)N(Cc2ccccc2)Cc2ccccc2)cc1. The molecule has 0 saturated heterocycles. The van der Waals surface area contributed by atoms with Crippen LogP contribution in [0.25, 0.3) is 0 Å². The Balaban J connectivity index is 1.53. The summed E-state index contributed by atoms with van der Waals surface area (Å²) in [5.74, 6) is 0.741. The fourth-order valence-electron chi connectivity index (χ4n) is 3.00. The summed E-state index contributed by atoms with van der Waals surface area (Å²) in [6.07, 6.45) is 0. The Morgan fingerprint density at radius 2 is 1.29 bits per heavy atom. The number of hydrogen-bond acceptors (Lipinski definition) is 4. The highest BCUT2D eigenvalue weighted by Gasteiger charge is 2.16. The largest absolute Gasteiger partial charge is 0.497 e. The average Bonchev–Trinajstić information content (AvgIpc) is 2.82. The van der Waals surface area contributed by atoms with Crippen molar-refractivity contribution >= 4 is 11.8 Å². The first kappa shape index (κ1) is 21.9. The van der Waals surface area contributed by atoms with Crippen molar-refractivity contribution in [1.29, 1.82) is 0 Å². The first-order valence-corrected chi connectivity index (χ1v) is 10.0. The van der Waals surface area contributed by atoms with Crippen LogP contribution >= 0.6 is 0 Å². The molecule has 6 nitrogen and oxygen atoms in total. The molecular weight excluding hydrogens is 392 g/mol. The summed E-state index contributed by atoms with van der Waals surface area (Å²) < 4.78 is 10.5. The normalized spacial score (nSPS) is 10.2. The number of ether oxygens (including phenoxy) is 2. The number of nitrogens with one attached hydrogen (secondary N) is 1. The molecule has 0 spiro atoms. The fraction of sp³-hybridized carbons (Fsp3) is 0.200. The van der Waals surface area contributed by atoms with Crippen molar-refractivity contribution in [3.05, 3.63) is 96.1 Å². The van der Waals surface area contributed by atoms with Gasteiger partial charge in [-0.15, -0.1) is 0 Å². The van der Waals surface area contributed by atoms with Crippen LogP contribution in [0.4, 0.5) is 0 Å². The van der Waals surface area contributed by atoms with E-state index in [1.807, 2.05) is 60.7 Å². The lowest BCUT2D eigenvalue weighted by atomic mass is 10.1. The highest BCUT2D eigenvalue weighted by molar-refractivity contribution is 5.85. The van der Waals surface area contributed by atoms with Gasteiger partial charge in [-0.25, -0.2) is 0 Å². The zero-order chi connectivity index (χ0) is 21.9. The van der Waals surface area contributed by atoms with Crippen LogP contribution in [0, 0.1) is 0 Å². The summed E-state index contributed by atoms with van der Waals surface area (Å²) in [7, 11) is 1.58. The fourth-order valence-corrected chi connectivity index (χ4v) is 3.00. The molecule has 0 aliphatic rings. The lowest BCUT2D eigenvalue weighted by Gasteiger charge is -2.23. The molecule has 0 saturated carbocycles. The molecule has 0 radical (unpaired) electrons. The lowest BCUT2D eigenvalue weighted by Crippen LogP contribution is -2.41. The highest BCUT2D eigenvalue weighted by atomic mass is 16.5. The molecule has 0 aromatic heterocycles. The Kier molecular flexibility index (Phi) is 8.05. The van der Waals surface area contributed by atoms with Crippen LogP contribution in [0.3, 0.4) is 0 Å². The standard InChI is InChI=1S/C25H26N2O4/c1-30-22-12-14-23(15-13-22)31-19-24(28)26-16-25(29)27(17-20-8-4-2-5-9-20)18-21-10-6-3-7-11-21/h2-15H,16-19H2,1H3,(H,26,28). The summed E-state index contributed by atoms with van der Waals surface area (Å²) >= 11 is 0. The first-order valence-electron chi connectivity index (χ1n) is 10.0. The second-order valence-electron chi connectivity index (χ2n) is 6.96. The second kappa shape index (κ2) is 11.4. The molecular formula is C25H26N2O4. The Morgan fingerprint density at radius 3 is 1.81 bits per heavy atom. The minimum atomic E-state index is -0.358. The third kappa shape index (κ3) is 7.19. The van der Waals surface area contributed by atoms with E-state index in [2.05, 4.69) is 5.32 Å². The van der Waals surface area contributed by atoms with Crippen molar-refractivity contribution < 1.29 is 19.1 Å². The van der Waals surface area contributed by atoms with E-state index in [-0.39, 0.29) is 25.0 Å². The lowest BCUT2D eigenvalue weighted by molar-refractivity contribution is -0.134. The molecule has 3 aromatic rings. The van der Waals surface area contributed by atoms with Crippen molar-refractivity contribution in [3.8, 4) is 11.5 Å². The van der Waals surface area contributed by atoms with Gasteiger partial charge < -0.3 is 19.7 Å². The van der Waals surface area contributed by atoms with Crippen molar-refractivity contribution in [2.24, 2.45) is 0 Å². The van der Waals surface area contributed by atoms with Crippen LogP contribution in [0.2, 0.25) is 0 Å². The van der Waals surface area contributed by atoms with Gasteiger partial charge >= 0.3 is 0 Å². The molecule has 0 fully saturated rings. The molecule has 0 bridgehead atoms. The van der Waals surface area contributed by atoms with Gasteiger partial charge in [0, 0.05) is 13.1 Å². The van der Waals surface area contributed by atoms with Gasteiger partial charge in [-0.05, 0) is 35.4 Å². The molecule has 0 aliphatic carbocycles. The van der Waals surface area contributed by atoms with Gasteiger partial charge in [-0.3, -0.25) is 9.59 Å².